The Morgan fingerprint density at radius 3 is 2.50 bits per heavy atom. The zero-order chi connectivity index (χ0) is 12.2. The molecule has 0 radical (unpaired) electrons. The third-order valence-corrected chi connectivity index (χ3v) is 3.02. The number of hydrogen-bond donors (Lipinski definition) is 2. The molecule has 0 aliphatic rings. The number of aliphatic hydroxyl groups is 2. The highest BCUT2D eigenvalue weighted by molar-refractivity contribution is 5.26. The predicted octanol–water partition coefficient (Wildman–Crippen LogP) is 1.67. The minimum absolute atomic E-state index is 0.488. The van der Waals surface area contributed by atoms with Crippen molar-refractivity contribution in [3.05, 3.63) is 24.0 Å². The average Bonchev–Trinajstić information content (AvgIpc) is 2.37. The van der Waals surface area contributed by atoms with E-state index in [1.807, 2.05) is 13.8 Å². The molecule has 0 saturated heterocycles. The van der Waals surface area contributed by atoms with Crippen molar-refractivity contribution in [1.29, 1.82) is 0 Å². The smallest absolute Gasteiger partial charge is 0.137 e. The van der Waals surface area contributed by atoms with Gasteiger partial charge in [0.05, 0.1) is 18.9 Å². The topological polar surface area (TPSA) is 62.6 Å². The molecule has 1 aromatic rings. The molecule has 0 amide bonds. The number of aromatic nitrogens is 1. The average molecular weight is 225 g/mol. The first kappa shape index (κ1) is 12.9. The molecule has 1 unspecified atom stereocenters. The third-order valence-electron chi connectivity index (χ3n) is 3.02. The molecule has 90 valence electrons. The summed E-state index contributed by atoms with van der Waals surface area (Å²) in [5, 5.41) is 20.3. The Morgan fingerprint density at radius 1 is 1.38 bits per heavy atom. The summed E-state index contributed by atoms with van der Waals surface area (Å²) < 4.78 is 5.03. The number of ether oxygens (including phenoxy) is 1. The molecule has 0 aliphatic heterocycles. The molecule has 16 heavy (non-hydrogen) atoms. The lowest BCUT2D eigenvalue weighted by molar-refractivity contribution is -0.0822. The molecule has 0 fully saturated rings. The summed E-state index contributed by atoms with van der Waals surface area (Å²) in [5.74, 6) is 0.575. The van der Waals surface area contributed by atoms with Gasteiger partial charge in [0.15, 0.2) is 0 Å². The van der Waals surface area contributed by atoms with E-state index in [2.05, 4.69) is 4.98 Å². The van der Waals surface area contributed by atoms with E-state index in [0.717, 1.165) is 0 Å². The van der Waals surface area contributed by atoms with Gasteiger partial charge < -0.3 is 14.9 Å². The minimum atomic E-state index is -1.10. The summed E-state index contributed by atoms with van der Waals surface area (Å²) in [6.07, 6.45) is 3.14. The molecule has 1 rings (SSSR count). The van der Waals surface area contributed by atoms with Crippen LogP contribution in [0.4, 0.5) is 0 Å². The summed E-state index contributed by atoms with van der Waals surface area (Å²) in [4.78, 5) is 3.96. The maximum atomic E-state index is 10.2. The third kappa shape index (κ3) is 2.51. The van der Waals surface area contributed by atoms with Crippen LogP contribution in [0.15, 0.2) is 18.5 Å². The summed E-state index contributed by atoms with van der Waals surface area (Å²) in [7, 11) is 1.54. The predicted molar refractivity (Wildman–Crippen MR) is 61.3 cm³/mol. The Balaban J connectivity index is 2.98. The van der Waals surface area contributed by atoms with Crippen molar-refractivity contribution in [1.82, 2.24) is 4.98 Å². The summed E-state index contributed by atoms with van der Waals surface area (Å²) >= 11 is 0. The van der Waals surface area contributed by atoms with Gasteiger partial charge in [0.1, 0.15) is 11.9 Å². The van der Waals surface area contributed by atoms with Crippen LogP contribution in [0.1, 0.15) is 38.4 Å². The second-order valence-corrected chi connectivity index (χ2v) is 3.87. The summed E-state index contributed by atoms with van der Waals surface area (Å²) in [6, 6.07) is 1.69. The van der Waals surface area contributed by atoms with Gasteiger partial charge >= 0.3 is 0 Å². The number of rotatable bonds is 5. The SMILES string of the molecule is CCC(O)(CC)C(O)c1cncc(OC)c1. The van der Waals surface area contributed by atoms with Gasteiger partial charge in [-0.3, -0.25) is 4.98 Å². The lowest BCUT2D eigenvalue weighted by Gasteiger charge is -2.31. The minimum Gasteiger partial charge on any atom is -0.495 e. The highest BCUT2D eigenvalue weighted by Crippen LogP contribution is 2.32. The fourth-order valence-corrected chi connectivity index (χ4v) is 1.64. The maximum Gasteiger partial charge on any atom is 0.137 e. The largest absolute Gasteiger partial charge is 0.495 e. The van der Waals surface area contributed by atoms with Gasteiger partial charge in [0.2, 0.25) is 0 Å². The Kier molecular flexibility index (Phi) is 4.26. The van der Waals surface area contributed by atoms with Gasteiger partial charge in [-0.05, 0) is 18.9 Å². The first-order chi connectivity index (χ1) is 7.57. The van der Waals surface area contributed by atoms with Gasteiger partial charge in [0.25, 0.3) is 0 Å². The van der Waals surface area contributed by atoms with Crippen LogP contribution in [0.3, 0.4) is 0 Å². The number of nitrogens with zero attached hydrogens (tertiary/aromatic N) is 1. The van der Waals surface area contributed by atoms with E-state index in [1.54, 1.807) is 25.6 Å². The zero-order valence-corrected chi connectivity index (χ0v) is 9.97. The van der Waals surface area contributed by atoms with Gasteiger partial charge in [-0.2, -0.15) is 0 Å². The molecule has 1 aromatic heterocycles. The standard InChI is InChI=1S/C12H19NO3/c1-4-12(15,5-2)11(14)9-6-10(16-3)8-13-7-9/h6-8,11,14-15H,4-5H2,1-3H3. The molecular formula is C12H19NO3. The summed E-state index contributed by atoms with van der Waals surface area (Å²) in [5.41, 5.74) is -0.529. The molecule has 0 aliphatic carbocycles. The van der Waals surface area contributed by atoms with E-state index >= 15 is 0 Å². The van der Waals surface area contributed by atoms with Crippen molar-refractivity contribution in [2.24, 2.45) is 0 Å². The van der Waals surface area contributed by atoms with Gasteiger partial charge in [-0.25, -0.2) is 0 Å². The molecule has 1 heterocycles. The maximum absolute atomic E-state index is 10.2. The lowest BCUT2D eigenvalue weighted by atomic mass is 9.87. The van der Waals surface area contributed by atoms with Crippen molar-refractivity contribution >= 4 is 0 Å². The Bertz CT molecular complexity index is 337. The summed E-state index contributed by atoms with van der Waals surface area (Å²) in [6.45, 7) is 3.70. The van der Waals surface area contributed by atoms with E-state index in [-0.39, 0.29) is 0 Å². The Hall–Kier alpha value is -1.13. The molecule has 2 N–H and O–H groups in total. The van der Waals surface area contributed by atoms with Crippen LogP contribution in [0, 0.1) is 0 Å². The second kappa shape index (κ2) is 5.27. The van der Waals surface area contributed by atoms with Crippen molar-refractivity contribution in [3.63, 3.8) is 0 Å². The quantitative estimate of drug-likeness (QED) is 0.800. The molecule has 0 bridgehead atoms. The van der Waals surface area contributed by atoms with E-state index in [9.17, 15) is 10.2 Å². The van der Waals surface area contributed by atoms with Crippen LogP contribution in [0.5, 0.6) is 5.75 Å². The monoisotopic (exact) mass is 225 g/mol. The van der Waals surface area contributed by atoms with E-state index in [0.29, 0.717) is 24.2 Å². The number of pyridine rings is 1. The highest BCUT2D eigenvalue weighted by Gasteiger charge is 2.33. The van der Waals surface area contributed by atoms with Crippen LogP contribution in [-0.2, 0) is 0 Å². The highest BCUT2D eigenvalue weighted by atomic mass is 16.5. The van der Waals surface area contributed by atoms with Crippen molar-refractivity contribution in [2.45, 2.75) is 38.4 Å². The van der Waals surface area contributed by atoms with Gasteiger partial charge in [-0.1, -0.05) is 13.8 Å². The molecule has 0 spiro atoms. The molecule has 1 atom stereocenters. The molecule has 4 nitrogen and oxygen atoms in total. The van der Waals surface area contributed by atoms with Crippen molar-refractivity contribution in [2.75, 3.05) is 7.11 Å². The van der Waals surface area contributed by atoms with Crippen molar-refractivity contribution < 1.29 is 14.9 Å². The molecule has 0 saturated carbocycles. The van der Waals surface area contributed by atoms with Crippen LogP contribution in [-0.4, -0.2) is 27.9 Å². The lowest BCUT2D eigenvalue weighted by Crippen LogP contribution is -2.34. The fourth-order valence-electron chi connectivity index (χ4n) is 1.64. The van der Waals surface area contributed by atoms with E-state index in [1.165, 1.54) is 0 Å². The number of methoxy groups -OCH3 is 1. The van der Waals surface area contributed by atoms with Crippen LogP contribution in [0.2, 0.25) is 0 Å². The Morgan fingerprint density at radius 2 is 2.00 bits per heavy atom. The first-order valence-corrected chi connectivity index (χ1v) is 5.46. The van der Waals surface area contributed by atoms with Crippen LogP contribution in [0.25, 0.3) is 0 Å². The van der Waals surface area contributed by atoms with Crippen LogP contribution >= 0.6 is 0 Å². The Labute approximate surface area is 95.9 Å². The normalized spacial score (nSPS) is 13.6. The second-order valence-electron chi connectivity index (χ2n) is 3.87. The molecule has 0 aromatic carbocycles. The number of hydrogen-bond acceptors (Lipinski definition) is 4. The van der Waals surface area contributed by atoms with Crippen LogP contribution < -0.4 is 4.74 Å². The number of aliphatic hydroxyl groups excluding tert-OH is 1. The fraction of sp³-hybridized carbons (Fsp3) is 0.583. The first-order valence-electron chi connectivity index (χ1n) is 5.46. The van der Waals surface area contributed by atoms with Gasteiger partial charge in [0, 0.05) is 11.8 Å². The van der Waals surface area contributed by atoms with Gasteiger partial charge in [-0.15, -0.1) is 0 Å². The van der Waals surface area contributed by atoms with E-state index < -0.39 is 11.7 Å². The molecule has 4 heteroatoms. The van der Waals surface area contributed by atoms with Crippen molar-refractivity contribution in [3.8, 4) is 5.75 Å². The zero-order valence-electron chi connectivity index (χ0n) is 9.97. The van der Waals surface area contributed by atoms with E-state index in [4.69, 9.17) is 4.74 Å². The molecular weight excluding hydrogens is 206 g/mol.